The first kappa shape index (κ1) is 10.0. The third-order valence-corrected chi connectivity index (χ3v) is 2.98. The van der Waals surface area contributed by atoms with Crippen LogP contribution in [0.2, 0.25) is 0 Å². The van der Waals surface area contributed by atoms with Crippen molar-refractivity contribution in [3.05, 3.63) is 0 Å². The molecular formula is C10H22N2. The minimum Gasteiger partial charge on any atom is -0.330 e. The lowest BCUT2D eigenvalue weighted by Gasteiger charge is -2.28. The summed E-state index contributed by atoms with van der Waals surface area (Å²) in [6.07, 6.45) is 5.39. The molecule has 0 bridgehead atoms. The molecule has 0 aromatic rings. The number of hydrogen-bond acceptors (Lipinski definition) is 2. The molecule has 3 N–H and O–H groups in total. The van der Waals surface area contributed by atoms with Crippen LogP contribution in [0.15, 0.2) is 0 Å². The highest BCUT2D eigenvalue weighted by atomic mass is 14.9. The van der Waals surface area contributed by atoms with Gasteiger partial charge in [0.2, 0.25) is 0 Å². The van der Waals surface area contributed by atoms with Crippen molar-refractivity contribution in [1.29, 1.82) is 0 Å². The maximum Gasteiger partial charge on any atom is 0.00223 e. The lowest BCUT2D eigenvalue weighted by Crippen LogP contribution is -2.40. The summed E-state index contributed by atoms with van der Waals surface area (Å²) in [5.41, 5.74) is 6.25. The Morgan fingerprint density at radius 1 is 1.33 bits per heavy atom. The molecule has 1 fully saturated rings. The van der Waals surface area contributed by atoms with E-state index in [-0.39, 0.29) is 0 Å². The molecule has 72 valence electrons. The minimum atomic E-state index is 0.435. The number of hydrogen-bond donors (Lipinski definition) is 2. The summed E-state index contributed by atoms with van der Waals surface area (Å²) >= 11 is 0. The van der Waals surface area contributed by atoms with Crippen molar-refractivity contribution in [1.82, 2.24) is 5.32 Å². The van der Waals surface area contributed by atoms with Gasteiger partial charge in [0.25, 0.3) is 0 Å². The normalized spacial score (nSPS) is 22.0. The summed E-state index contributed by atoms with van der Waals surface area (Å²) in [4.78, 5) is 0. The molecule has 0 amide bonds. The van der Waals surface area contributed by atoms with Gasteiger partial charge in [0.1, 0.15) is 0 Å². The van der Waals surface area contributed by atoms with Crippen LogP contribution in [0, 0.1) is 5.41 Å². The summed E-state index contributed by atoms with van der Waals surface area (Å²) in [6, 6.07) is 0.592. The Bertz CT molecular complexity index is 126. The topological polar surface area (TPSA) is 38.0 Å². The molecule has 1 aliphatic carbocycles. The van der Waals surface area contributed by atoms with E-state index in [4.69, 9.17) is 5.73 Å². The van der Waals surface area contributed by atoms with Gasteiger partial charge in [-0.15, -0.1) is 0 Å². The average Bonchev–Trinajstić information content (AvgIpc) is 2.50. The van der Waals surface area contributed by atoms with Gasteiger partial charge in [-0.05, 0) is 24.8 Å². The van der Waals surface area contributed by atoms with Gasteiger partial charge in [0, 0.05) is 12.6 Å². The molecule has 2 heteroatoms. The van der Waals surface area contributed by atoms with Gasteiger partial charge in [0.15, 0.2) is 0 Å². The van der Waals surface area contributed by atoms with E-state index in [1.54, 1.807) is 0 Å². The fourth-order valence-corrected chi connectivity index (χ4v) is 2.00. The second kappa shape index (κ2) is 4.24. The molecule has 0 radical (unpaired) electrons. The van der Waals surface area contributed by atoms with Crippen LogP contribution >= 0.6 is 0 Å². The highest BCUT2D eigenvalue weighted by Crippen LogP contribution is 2.36. The molecule has 0 aliphatic heterocycles. The van der Waals surface area contributed by atoms with E-state index in [9.17, 15) is 0 Å². The summed E-state index contributed by atoms with van der Waals surface area (Å²) in [5.74, 6) is 0. The van der Waals surface area contributed by atoms with E-state index in [0.717, 1.165) is 13.1 Å². The Balaban J connectivity index is 2.34. The van der Waals surface area contributed by atoms with Crippen molar-refractivity contribution in [2.24, 2.45) is 11.1 Å². The molecule has 1 rings (SSSR count). The monoisotopic (exact) mass is 170 g/mol. The van der Waals surface area contributed by atoms with Crippen LogP contribution in [0.3, 0.4) is 0 Å². The van der Waals surface area contributed by atoms with Gasteiger partial charge in [-0.1, -0.05) is 26.7 Å². The molecule has 0 heterocycles. The lowest BCUT2D eigenvalue weighted by atomic mass is 9.86. The number of nitrogens with two attached hydrogens (primary N) is 1. The first-order chi connectivity index (χ1) is 5.68. The van der Waals surface area contributed by atoms with Crippen molar-refractivity contribution in [2.75, 3.05) is 13.1 Å². The molecular weight excluding hydrogens is 148 g/mol. The van der Waals surface area contributed by atoms with Crippen molar-refractivity contribution < 1.29 is 0 Å². The zero-order valence-corrected chi connectivity index (χ0v) is 8.40. The SMILES string of the molecule is CC(C)NCC1(CN)CCCC1. The standard InChI is InChI=1S/C10H22N2/c1-9(2)12-8-10(7-11)5-3-4-6-10/h9,12H,3-8,11H2,1-2H3. The smallest absolute Gasteiger partial charge is 0.00223 e. The van der Waals surface area contributed by atoms with Crippen LogP contribution < -0.4 is 11.1 Å². The molecule has 0 atom stereocenters. The summed E-state index contributed by atoms with van der Waals surface area (Å²) in [7, 11) is 0. The molecule has 0 saturated heterocycles. The lowest BCUT2D eigenvalue weighted by molar-refractivity contribution is 0.282. The van der Waals surface area contributed by atoms with Gasteiger partial charge in [-0.3, -0.25) is 0 Å². The second-order valence-electron chi connectivity index (χ2n) is 4.45. The van der Waals surface area contributed by atoms with Gasteiger partial charge in [-0.2, -0.15) is 0 Å². The van der Waals surface area contributed by atoms with Crippen LogP contribution in [0.1, 0.15) is 39.5 Å². The minimum absolute atomic E-state index is 0.435. The predicted molar refractivity (Wildman–Crippen MR) is 53.1 cm³/mol. The molecule has 12 heavy (non-hydrogen) atoms. The molecule has 0 aromatic carbocycles. The zero-order valence-electron chi connectivity index (χ0n) is 8.40. The molecule has 0 spiro atoms. The summed E-state index contributed by atoms with van der Waals surface area (Å²) in [5, 5.41) is 3.50. The van der Waals surface area contributed by atoms with Crippen molar-refractivity contribution >= 4 is 0 Å². The van der Waals surface area contributed by atoms with Crippen LogP contribution in [-0.2, 0) is 0 Å². The van der Waals surface area contributed by atoms with E-state index in [1.165, 1.54) is 25.7 Å². The highest BCUT2D eigenvalue weighted by Gasteiger charge is 2.31. The zero-order chi connectivity index (χ0) is 9.03. The summed E-state index contributed by atoms with van der Waals surface area (Å²) in [6.45, 7) is 6.35. The number of rotatable bonds is 4. The van der Waals surface area contributed by atoms with E-state index in [1.807, 2.05) is 0 Å². The van der Waals surface area contributed by atoms with E-state index in [0.29, 0.717) is 11.5 Å². The Kier molecular flexibility index (Phi) is 3.53. The molecule has 1 aliphatic rings. The fraction of sp³-hybridized carbons (Fsp3) is 1.00. The van der Waals surface area contributed by atoms with Crippen molar-refractivity contribution in [3.8, 4) is 0 Å². The van der Waals surface area contributed by atoms with E-state index >= 15 is 0 Å². The Morgan fingerprint density at radius 2 is 1.92 bits per heavy atom. The molecule has 0 unspecified atom stereocenters. The third-order valence-electron chi connectivity index (χ3n) is 2.98. The fourth-order valence-electron chi connectivity index (χ4n) is 2.00. The van der Waals surface area contributed by atoms with Gasteiger partial charge in [0.05, 0.1) is 0 Å². The molecule has 0 aromatic heterocycles. The average molecular weight is 170 g/mol. The van der Waals surface area contributed by atoms with Crippen LogP contribution in [-0.4, -0.2) is 19.1 Å². The van der Waals surface area contributed by atoms with Gasteiger partial charge in [-0.25, -0.2) is 0 Å². The van der Waals surface area contributed by atoms with Crippen molar-refractivity contribution in [3.63, 3.8) is 0 Å². The van der Waals surface area contributed by atoms with Crippen molar-refractivity contribution in [2.45, 2.75) is 45.6 Å². The van der Waals surface area contributed by atoms with Crippen LogP contribution in [0.5, 0.6) is 0 Å². The Morgan fingerprint density at radius 3 is 2.33 bits per heavy atom. The quantitative estimate of drug-likeness (QED) is 0.671. The second-order valence-corrected chi connectivity index (χ2v) is 4.45. The predicted octanol–water partition coefficient (Wildman–Crippen LogP) is 1.50. The number of nitrogens with one attached hydrogen (secondary N) is 1. The van der Waals surface area contributed by atoms with Gasteiger partial charge < -0.3 is 11.1 Å². The first-order valence-electron chi connectivity index (χ1n) is 5.12. The largest absolute Gasteiger partial charge is 0.330 e. The maximum atomic E-state index is 5.82. The summed E-state index contributed by atoms with van der Waals surface area (Å²) < 4.78 is 0. The Hall–Kier alpha value is -0.0800. The third kappa shape index (κ3) is 2.46. The Labute approximate surface area is 75.9 Å². The molecule has 2 nitrogen and oxygen atoms in total. The van der Waals surface area contributed by atoms with Crippen LogP contribution in [0.4, 0.5) is 0 Å². The van der Waals surface area contributed by atoms with Gasteiger partial charge >= 0.3 is 0 Å². The molecule has 1 saturated carbocycles. The highest BCUT2D eigenvalue weighted by molar-refractivity contribution is 4.87. The first-order valence-corrected chi connectivity index (χ1v) is 5.12. The van der Waals surface area contributed by atoms with E-state index in [2.05, 4.69) is 19.2 Å². The maximum absolute atomic E-state index is 5.82. The van der Waals surface area contributed by atoms with Crippen LogP contribution in [0.25, 0.3) is 0 Å². The van der Waals surface area contributed by atoms with E-state index < -0.39 is 0 Å².